The van der Waals surface area contributed by atoms with Gasteiger partial charge in [0.15, 0.2) is 0 Å². The van der Waals surface area contributed by atoms with Crippen molar-refractivity contribution in [1.29, 1.82) is 0 Å². The van der Waals surface area contributed by atoms with E-state index in [1.165, 1.54) is 55.1 Å². The second kappa shape index (κ2) is 9.55. The number of benzene rings is 4. The van der Waals surface area contributed by atoms with Crippen LogP contribution in [0.3, 0.4) is 0 Å². The molecule has 0 amide bonds. The molecule has 3 atom stereocenters. The fourth-order valence-corrected chi connectivity index (χ4v) is 8.13. The molecule has 0 spiro atoms. The zero-order chi connectivity index (χ0) is 25.8. The Bertz CT molecular complexity index is 1780. The van der Waals surface area contributed by atoms with Gasteiger partial charge in [-0.3, -0.25) is 0 Å². The summed E-state index contributed by atoms with van der Waals surface area (Å²) in [4.78, 5) is 1.58. The summed E-state index contributed by atoms with van der Waals surface area (Å²) in [7, 11) is 0. The first-order valence-corrected chi connectivity index (χ1v) is 15.0. The van der Waals surface area contributed by atoms with Gasteiger partial charge in [0.05, 0.1) is 12.7 Å². The monoisotopic (exact) mass is 522 g/mol. The van der Waals surface area contributed by atoms with Gasteiger partial charge in [-0.15, -0.1) is 11.8 Å². The molecule has 4 aliphatic rings. The van der Waals surface area contributed by atoms with Gasteiger partial charge < -0.3 is 4.74 Å². The highest BCUT2D eigenvalue weighted by Crippen LogP contribution is 2.46. The molecule has 0 aromatic heterocycles. The van der Waals surface area contributed by atoms with Crippen molar-refractivity contribution < 1.29 is 4.74 Å². The molecule has 2 aliphatic heterocycles. The lowest BCUT2D eigenvalue weighted by Gasteiger charge is -2.20. The predicted molar refractivity (Wildman–Crippen MR) is 167 cm³/mol. The van der Waals surface area contributed by atoms with Crippen molar-refractivity contribution >= 4 is 45.0 Å². The predicted octanol–water partition coefficient (Wildman–Crippen LogP) is 9.26. The van der Waals surface area contributed by atoms with Crippen molar-refractivity contribution in [2.75, 3.05) is 12.4 Å². The molecule has 2 heterocycles. The first-order chi connectivity index (χ1) is 19.3. The number of hydrogen-bond acceptors (Lipinski definition) is 2. The van der Waals surface area contributed by atoms with Crippen LogP contribution in [0.1, 0.15) is 34.6 Å². The third-order valence-corrected chi connectivity index (χ3v) is 10.0. The highest BCUT2D eigenvalue weighted by atomic mass is 32.2. The average Bonchev–Trinajstić information content (AvgIpc) is 3.78. The summed E-state index contributed by atoms with van der Waals surface area (Å²) in [6.45, 7) is 0.664. The van der Waals surface area contributed by atoms with Crippen LogP contribution >= 0.6 is 11.8 Å². The van der Waals surface area contributed by atoms with Gasteiger partial charge in [-0.1, -0.05) is 109 Å². The molecule has 8 rings (SSSR count). The molecular weight excluding hydrogens is 492 g/mol. The topological polar surface area (TPSA) is 9.23 Å². The van der Waals surface area contributed by atoms with E-state index < -0.39 is 0 Å². The molecule has 39 heavy (non-hydrogen) atoms. The number of ether oxygens (including phenoxy) is 1. The lowest BCUT2D eigenvalue weighted by Crippen LogP contribution is -2.14. The van der Waals surface area contributed by atoms with E-state index in [4.69, 9.17) is 4.74 Å². The van der Waals surface area contributed by atoms with E-state index >= 15 is 0 Å². The van der Waals surface area contributed by atoms with Crippen LogP contribution in [0, 0.1) is 5.92 Å². The Morgan fingerprint density at radius 2 is 1.69 bits per heavy atom. The lowest BCUT2D eigenvalue weighted by molar-refractivity contribution is 0.120. The maximum absolute atomic E-state index is 6.48. The van der Waals surface area contributed by atoms with Crippen LogP contribution in [-0.4, -0.2) is 18.5 Å². The Morgan fingerprint density at radius 1 is 0.872 bits per heavy atom. The van der Waals surface area contributed by atoms with E-state index in [9.17, 15) is 0 Å². The normalized spacial score (nSPS) is 23.5. The minimum atomic E-state index is 0.0485. The van der Waals surface area contributed by atoms with Crippen LogP contribution in [0.25, 0.3) is 33.2 Å². The quantitative estimate of drug-likeness (QED) is 0.191. The van der Waals surface area contributed by atoms with Crippen molar-refractivity contribution in [2.45, 2.75) is 24.9 Å². The van der Waals surface area contributed by atoms with Gasteiger partial charge in [0.1, 0.15) is 0 Å². The maximum Gasteiger partial charge on any atom is 0.0870 e. The first kappa shape index (κ1) is 23.3. The number of hydrogen-bond donors (Lipinski definition) is 0. The number of allylic oxidation sites excluding steroid dienone is 6. The average molecular weight is 523 g/mol. The summed E-state index contributed by atoms with van der Waals surface area (Å²) in [5.41, 5.74) is 8.26. The Hall–Kier alpha value is -3.59. The molecule has 0 radical (unpaired) electrons. The summed E-state index contributed by atoms with van der Waals surface area (Å²) < 4.78 is 6.48. The number of fused-ring (bicyclic) bond motifs is 6. The Morgan fingerprint density at radius 3 is 2.59 bits per heavy atom. The van der Waals surface area contributed by atoms with Crippen LogP contribution in [0.5, 0.6) is 0 Å². The summed E-state index contributed by atoms with van der Waals surface area (Å²) in [5.74, 6) is 2.00. The smallest absolute Gasteiger partial charge is 0.0870 e. The van der Waals surface area contributed by atoms with Crippen LogP contribution in [-0.2, 0) is 11.2 Å². The lowest BCUT2D eigenvalue weighted by atomic mass is 9.86. The second-order valence-electron chi connectivity index (χ2n) is 11.0. The molecule has 0 N–H and O–H groups in total. The van der Waals surface area contributed by atoms with Crippen molar-refractivity contribution in [2.24, 2.45) is 5.92 Å². The maximum atomic E-state index is 6.48. The number of rotatable bonds is 5. The van der Waals surface area contributed by atoms with E-state index in [0.29, 0.717) is 12.5 Å². The molecule has 2 heteroatoms. The minimum absolute atomic E-state index is 0.0485. The highest BCUT2D eigenvalue weighted by Gasteiger charge is 2.32. The first-order valence-electron chi connectivity index (χ1n) is 14.1. The van der Waals surface area contributed by atoms with Crippen molar-refractivity contribution in [3.63, 3.8) is 0 Å². The van der Waals surface area contributed by atoms with Gasteiger partial charge in [0, 0.05) is 17.6 Å². The largest absolute Gasteiger partial charge is 0.368 e. The molecule has 4 aromatic rings. The Labute approximate surface area is 234 Å². The standard InChI is InChI=1S/C37H30OS/c1-2-14-31-29(12-1)30-13-3-4-15-32(30)37-33(31)18-19-34(37)35-21-27(22-38-35)25-10-5-8-24(20-25)9-6-11-26-23-39-36-17-7-16-28(26)36/h1-8,10-16,18-21,26,34-35H,9,17,22-23H2/b11-6-. The molecule has 190 valence electrons. The van der Waals surface area contributed by atoms with Crippen LogP contribution in [0.4, 0.5) is 0 Å². The SMILES string of the molecule is C1=CC2=C(C1)SCC2/C=C\Cc1cccc(C2=CC(C3C=Cc4c3c3ccccc3c3ccccc43)OC2)c1. The van der Waals surface area contributed by atoms with Crippen LogP contribution < -0.4 is 0 Å². The van der Waals surface area contributed by atoms with Gasteiger partial charge in [0.25, 0.3) is 0 Å². The third-order valence-electron chi connectivity index (χ3n) is 8.75. The Balaban J connectivity index is 1.06. The van der Waals surface area contributed by atoms with E-state index in [1.807, 2.05) is 11.8 Å². The molecule has 0 saturated heterocycles. The minimum Gasteiger partial charge on any atom is -0.368 e. The fourth-order valence-electron chi connectivity index (χ4n) is 6.85. The molecule has 2 aliphatic carbocycles. The van der Waals surface area contributed by atoms with Gasteiger partial charge in [-0.2, -0.15) is 0 Å². The molecule has 1 nitrogen and oxygen atoms in total. The van der Waals surface area contributed by atoms with Gasteiger partial charge in [-0.25, -0.2) is 0 Å². The zero-order valence-corrected chi connectivity index (χ0v) is 22.7. The van der Waals surface area contributed by atoms with Crippen LogP contribution in [0.2, 0.25) is 0 Å². The van der Waals surface area contributed by atoms with E-state index in [1.54, 1.807) is 10.5 Å². The summed E-state index contributed by atoms with van der Waals surface area (Å²) in [6, 6.07) is 26.7. The summed E-state index contributed by atoms with van der Waals surface area (Å²) in [6.07, 6.45) is 18.6. The van der Waals surface area contributed by atoms with Gasteiger partial charge >= 0.3 is 0 Å². The highest BCUT2D eigenvalue weighted by molar-refractivity contribution is 8.03. The third kappa shape index (κ3) is 3.97. The van der Waals surface area contributed by atoms with Crippen molar-refractivity contribution in [1.82, 2.24) is 0 Å². The van der Waals surface area contributed by atoms with Crippen LogP contribution in [0.15, 0.2) is 120 Å². The molecule has 0 bridgehead atoms. The van der Waals surface area contributed by atoms with Crippen molar-refractivity contribution in [3.8, 4) is 0 Å². The fraction of sp³-hybridized carbons (Fsp3) is 0.189. The number of thioether (sulfide) groups is 1. The summed E-state index contributed by atoms with van der Waals surface area (Å²) >= 11 is 2.03. The molecule has 0 saturated carbocycles. The van der Waals surface area contributed by atoms with E-state index in [2.05, 4.69) is 115 Å². The van der Waals surface area contributed by atoms with E-state index in [0.717, 1.165) is 12.8 Å². The second-order valence-corrected chi connectivity index (χ2v) is 12.1. The summed E-state index contributed by atoms with van der Waals surface area (Å²) in [5, 5.41) is 5.34. The zero-order valence-electron chi connectivity index (χ0n) is 21.8. The molecular formula is C37H30OS. The Kier molecular flexibility index (Phi) is 5.71. The van der Waals surface area contributed by atoms with E-state index in [-0.39, 0.29) is 12.0 Å². The van der Waals surface area contributed by atoms with Crippen molar-refractivity contribution in [3.05, 3.63) is 142 Å². The van der Waals surface area contributed by atoms with Gasteiger partial charge in [0.2, 0.25) is 0 Å². The van der Waals surface area contributed by atoms with Gasteiger partial charge in [-0.05, 0) is 78.8 Å². The molecule has 3 unspecified atom stereocenters. The molecule has 0 fully saturated rings. The molecule has 4 aromatic carbocycles.